The third kappa shape index (κ3) is 3.37. The van der Waals surface area contributed by atoms with E-state index in [4.69, 9.17) is 0 Å². The molecule has 0 aliphatic rings. The van der Waals surface area contributed by atoms with Crippen molar-refractivity contribution in [1.29, 1.82) is 0 Å². The Hall–Kier alpha value is -2.61. The smallest absolute Gasteiger partial charge is 0.264 e. The molecule has 0 bridgehead atoms. The fourth-order valence-electron chi connectivity index (χ4n) is 3.06. The lowest BCUT2D eigenvalue weighted by molar-refractivity contribution is -0.118. The number of amides is 1. The lowest BCUT2D eigenvalue weighted by atomic mass is 10.1. The summed E-state index contributed by atoms with van der Waals surface area (Å²) in [4.78, 5) is 15.4. The van der Waals surface area contributed by atoms with E-state index in [1.54, 1.807) is 18.3 Å². The van der Waals surface area contributed by atoms with Crippen LogP contribution in [0.3, 0.4) is 0 Å². The Kier molecular flexibility index (Phi) is 4.62. The predicted molar refractivity (Wildman–Crippen MR) is 99.4 cm³/mol. The number of aryl methyl sites for hydroxylation is 1. The summed E-state index contributed by atoms with van der Waals surface area (Å²) in [5.41, 5.74) is 3.20. The van der Waals surface area contributed by atoms with Crippen molar-refractivity contribution < 1.29 is 13.2 Å². The van der Waals surface area contributed by atoms with E-state index in [2.05, 4.69) is 14.8 Å². The van der Waals surface area contributed by atoms with Crippen LogP contribution in [0.1, 0.15) is 36.8 Å². The van der Waals surface area contributed by atoms with Gasteiger partial charge in [0.1, 0.15) is 0 Å². The molecule has 26 heavy (non-hydrogen) atoms. The molecule has 0 spiro atoms. The first-order valence-corrected chi connectivity index (χ1v) is 9.84. The molecule has 0 radical (unpaired) electrons. The van der Waals surface area contributed by atoms with Crippen LogP contribution in [0.15, 0.2) is 35.4 Å². The number of fused-ring (bicyclic) bond motifs is 1. The van der Waals surface area contributed by atoms with Crippen LogP contribution in [0.4, 0.5) is 0 Å². The largest absolute Gasteiger partial charge is 0.361 e. The van der Waals surface area contributed by atoms with E-state index in [1.807, 2.05) is 32.4 Å². The van der Waals surface area contributed by atoms with Gasteiger partial charge in [-0.2, -0.15) is 5.10 Å². The highest BCUT2D eigenvalue weighted by Crippen LogP contribution is 2.20. The molecule has 0 fully saturated rings. The van der Waals surface area contributed by atoms with Gasteiger partial charge in [0.15, 0.2) is 0 Å². The van der Waals surface area contributed by atoms with Crippen molar-refractivity contribution in [2.75, 3.05) is 0 Å². The maximum atomic E-state index is 12.5. The summed E-state index contributed by atoms with van der Waals surface area (Å²) in [6, 6.07) is 6.64. The highest BCUT2D eigenvalue weighted by Gasteiger charge is 2.21. The van der Waals surface area contributed by atoms with Crippen LogP contribution in [0.5, 0.6) is 0 Å². The van der Waals surface area contributed by atoms with Crippen LogP contribution in [0.2, 0.25) is 0 Å². The molecule has 0 aliphatic carbocycles. The first kappa shape index (κ1) is 18.2. The monoisotopic (exact) mass is 374 g/mol. The summed E-state index contributed by atoms with van der Waals surface area (Å²) in [5.74, 6) is -0.575. The van der Waals surface area contributed by atoms with Gasteiger partial charge in [-0.25, -0.2) is 13.1 Å². The van der Waals surface area contributed by atoms with E-state index < -0.39 is 15.9 Å². The van der Waals surface area contributed by atoms with Crippen LogP contribution in [0, 0.1) is 13.8 Å². The standard InChI is InChI=1S/C18H22N4O3S/c1-11(2)22-13(4)16(12(3)20-22)10-18(23)21-26(24,25)15-5-6-17-14(9-15)7-8-19-17/h5-9,11,19H,10H2,1-4H3,(H,21,23). The molecular formula is C18H22N4O3S. The zero-order chi connectivity index (χ0) is 19.1. The maximum absolute atomic E-state index is 12.5. The van der Waals surface area contributed by atoms with Crippen molar-refractivity contribution in [1.82, 2.24) is 19.5 Å². The highest BCUT2D eigenvalue weighted by molar-refractivity contribution is 7.90. The predicted octanol–water partition coefficient (Wildman–Crippen LogP) is 2.61. The molecule has 0 saturated heterocycles. The third-order valence-corrected chi connectivity index (χ3v) is 5.76. The molecule has 7 nitrogen and oxygen atoms in total. The molecule has 0 atom stereocenters. The van der Waals surface area contributed by atoms with Crippen molar-refractivity contribution in [2.24, 2.45) is 0 Å². The number of hydrogen-bond donors (Lipinski definition) is 2. The molecule has 8 heteroatoms. The number of aromatic amines is 1. The van der Waals surface area contributed by atoms with Gasteiger partial charge in [-0.3, -0.25) is 9.48 Å². The minimum atomic E-state index is -3.92. The summed E-state index contributed by atoms with van der Waals surface area (Å²) >= 11 is 0. The Morgan fingerprint density at radius 1 is 1.27 bits per heavy atom. The van der Waals surface area contributed by atoms with Crippen LogP contribution in [0.25, 0.3) is 10.9 Å². The number of H-pyrrole nitrogens is 1. The molecule has 2 N–H and O–H groups in total. The first-order chi connectivity index (χ1) is 12.2. The number of carbonyl (C=O) groups excluding carboxylic acids is 1. The molecule has 3 rings (SSSR count). The topological polar surface area (TPSA) is 96.8 Å². The minimum absolute atomic E-state index is 0.0317. The fourth-order valence-corrected chi connectivity index (χ4v) is 4.08. The number of rotatable bonds is 5. The number of hydrogen-bond acceptors (Lipinski definition) is 4. The summed E-state index contributed by atoms with van der Waals surface area (Å²) < 4.78 is 29.0. The molecular weight excluding hydrogens is 352 g/mol. The third-order valence-electron chi connectivity index (χ3n) is 4.38. The number of benzene rings is 1. The molecule has 0 unspecified atom stereocenters. The molecule has 0 aliphatic heterocycles. The van der Waals surface area contributed by atoms with E-state index in [1.165, 1.54) is 12.1 Å². The van der Waals surface area contributed by atoms with Crippen molar-refractivity contribution in [3.63, 3.8) is 0 Å². The molecule has 3 aromatic rings. The summed E-state index contributed by atoms with van der Waals surface area (Å²) in [5, 5.41) is 5.20. The number of nitrogens with zero attached hydrogens (tertiary/aromatic N) is 2. The van der Waals surface area contributed by atoms with E-state index in [-0.39, 0.29) is 17.4 Å². The quantitative estimate of drug-likeness (QED) is 0.717. The maximum Gasteiger partial charge on any atom is 0.264 e. The molecule has 2 aromatic heterocycles. The van der Waals surface area contributed by atoms with Gasteiger partial charge in [0.05, 0.1) is 17.0 Å². The lowest BCUT2D eigenvalue weighted by Crippen LogP contribution is -2.32. The second kappa shape index (κ2) is 6.60. The lowest BCUT2D eigenvalue weighted by Gasteiger charge is -2.09. The zero-order valence-corrected chi connectivity index (χ0v) is 16.0. The van der Waals surface area contributed by atoms with Gasteiger partial charge in [0.25, 0.3) is 10.0 Å². The Balaban J connectivity index is 1.81. The number of carbonyl (C=O) groups is 1. The van der Waals surface area contributed by atoms with Gasteiger partial charge in [0.2, 0.25) is 5.91 Å². The van der Waals surface area contributed by atoms with Crippen LogP contribution >= 0.6 is 0 Å². The molecule has 1 amide bonds. The summed E-state index contributed by atoms with van der Waals surface area (Å²) in [6.07, 6.45) is 1.70. The van der Waals surface area contributed by atoms with Crippen molar-refractivity contribution >= 4 is 26.8 Å². The zero-order valence-electron chi connectivity index (χ0n) is 15.2. The fraction of sp³-hybridized carbons (Fsp3) is 0.333. The highest BCUT2D eigenvalue weighted by atomic mass is 32.2. The Labute approximate surface area is 152 Å². The van der Waals surface area contributed by atoms with Crippen molar-refractivity contribution in [3.05, 3.63) is 47.4 Å². The van der Waals surface area contributed by atoms with Gasteiger partial charge in [-0.05, 0) is 52.0 Å². The molecule has 1 aromatic carbocycles. The van der Waals surface area contributed by atoms with Crippen LogP contribution in [-0.4, -0.2) is 29.1 Å². The molecule has 2 heterocycles. The van der Waals surface area contributed by atoms with Gasteiger partial charge in [-0.15, -0.1) is 0 Å². The van der Waals surface area contributed by atoms with E-state index in [0.29, 0.717) is 0 Å². The SMILES string of the molecule is Cc1nn(C(C)C)c(C)c1CC(=O)NS(=O)(=O)c1ccc2[nH]ccc2c1. The summed E-state index contributed by atoms with van der Waals surface area (Å²) in [6.45, 7) is 7.72. The average Bonchev–Trinajstić information content (AvgIpc) is 3.13. The second-order valence-corrected chi connectivity index (χ2v) is 8.30. The molecule has 138 valence electrons. The van der Waals surface area contributed by atoms with Gasteiger partial charge < -0.3 is 4.98 Å². The van der Waals surface area contributed by atoms with Crippen LogP contribution < -0.4 is 4.72 Å². The summed E-state index contributed by atoms with van der Waals surface area (Å²) in [7, 11) is -3.92. The first-order valence-electron chi connectivity index (χ1n) is 8.36. The Bertz CT molecular complexity index is 1080. The average molecular weight is 374 g/mol. The normalized spacial score (nSPS) is 12.0. The number of sulfonamides is 1. The van der Waals surface area contributed by atoms with E-state index >= 15 is 0 Å². The van der Waals surface area contributed by atoms with Gasteiger partial charge >= 0.3 is 0 Å². The van der Waals surface area contributed by atoms with Crippen molar-refractivity contribution in [3.8, 4) is 0 Å². The second-order valence-electron chi connectivity index (χ2n) is 6.62. The van der Waals surface area contributed by atoms with Gasteiger partial charge in [-0.1, -0.05) is 0 Å². The minimum Gasteiger partial charge on any atom is -0.361 e. The van der Waals surface area contributed by atoms with E-state index in [0.717, 1.165) is 27.9 Å². The van der Waals surface area contributed by atoms with Gasteiger partial charge in [0, 0.05) is 34.4 Å². The van der Waals surface area contributed by atoms with Crippen molar-refractivity contribution in [2.45, 2.75) is 45.1 Å². The number of nitrogens with one attached hydrogen (secondary N) is 2. The van der Waals surface area contributed by atoms with E-state index in [9.17, 15) is 13.2 Å². The van der Waals surface area contributed by atoms with Crippen LogP contribution in [-0.2, 0) is 21.2 Å². The Morgan fingerprint density at radius 3 is 2.65 bits per heavy atom. The molecule has 0 saturated carbocycles. The Morgan fingerprint density at radius 2 is 2.00 bits per heavy atom. The number of aromatic nitrogens is 3.